The molecule has 0 rings (SSSR count). The Balaban J connectivity index is 3.73. The number of carbonyl (C=O) groups is 1. The van der Waals surface area contributed by atoms with Crippen LogP contribution in [0.25, 0.3) is 0 Å². The SMILES string of the molecule is CCC(C)NCC(=O)N(C)CC(C)C. The number of nitrogens with one attached hydrogen (secondary N) is 1. The van der Waals surface area contributed by atoms with Crippen molar-refractivity contribution in [3.8, 4) is 0 Å². The van der Waals surface area contributed by atoms with E-state index in [0.29, 0.717) is 18.5 Å². The quantitative estimate of drug-likeness (QED) is 0.704. The highest BCUT2D eigenvalue weighted by atomic mass is 16.2. The lowest BCUT2D eigenvalue weighted by Gasteiger charge is -2.20. The van der Waals surface area contributed by atoms with Gasteiger partial charge in [0.05, 0.1) is 6.54 Å². The summed E-state index contributed by atoms with van der Waals surface area (Å²) in [6.45, 7) is 9.73. The third-order valence-electron chi connectivity index (χ3n) is 2.28. The number of carbonyl (C=O) groups excluding carboxylic acids is 1. The first-order chi connectivity index (χ1) is 6.47. The van der Waals surface area contributed by atoms with Crippen molar-refractivity contribution < 1.29 is 4.79 Å². The van der Waals surface area contributed by atoms with Gasteiger partial charge in [-0.25, -0.2) is 0 Å². The molecule has 0 aromatic carbocycles. The highest BCUT2D eigenvalue weighted by Gasteiger charge is 2.10. The Morgan fingerprint density at radius 2 is 1.93 bits per heavy atom. The molecule has 0 spiro atoms. The van der Waals surface area contributed by atoms with E-state index in [0.717, 1.165) is 13.0 Å². The Labute approximate surface area is 87.9 Å². The minimum atomic E-state index is 0.180. The summed E-state index contributed by atoms with van der Waals surface area (Å²) in [6.07, 6.45) is 1.06. The van der Waals surface area contributed by atoms with Crippen molar-refractivity contribution in [2.24, 2.45) is 5.92 Å². The molecule has 1 atom stereocenters. The molecule has 84 valence electrons. The van der Waals surface area contributed by atoms with Crippen LogP contribution in [-0.4, -0.2) is 37.0 Å². The molecule has 3 nitrogen and oxygen atoms in total. The second-order valence-electron chi connectivity index (χ2n) is 4.36. The van der Waals surface area contributed by atoms with E-state index in [9.17, 15) is 4.79 Å². The first-order valence-electron chi connectivity index (χ1n) is 5.44. The van der Waals surface area contributed by atoms with Crippen molar-refractivity contribution in [1.29, 1.82) is 0 Å². The lowest BCUT2D eigenvalue weighted by Crippen LogP contribution is -2.40. The molecule has 0 aromatic rings. The molecule has 0 saturated heterocycles. The van der Waals surface area contributed by atoms with Gasteiger partial charge in [-0.15, -0.1) is 0 Å². The number of hydrogen-bond acceptors (Lipinski definition) is 2. The van der Waals surface area contributed by atoms with Gasteiger partial charge in [0.2, 0.25) is 5.91 Å². The maximum absolute atomic E-state index is 11.6. The fraction of sp³-hybridized carbons (Fsp3) is 0.909. The Bertz CT molecular complexity index is 169. The van der Waals surface area contributed by atoms with E-state index in [1.54, 1.807) is 4.90 Å². The van der Waals surface area contributed by atoms with E-state index in [1.165, 1.54) is 0 Å². The molecule has 3 heteroatoms. The molecule has 1 N–H and O–H groups in total. The van der Waals surface area contributed by atoms with Gasteiger partial charge in [0.25, 0.3) is 0 Å². The van der Waals surface area contributed by atoms with Gasteiger partial charge in [0.1, 0.15) is 0 Å². The monoisotopic (exact) mass is 200 g/mol. The topological polar surface area (TPSA) is 32.3 Å². The van der Waals surface area contributed by atoms with Gasteiger partial charge in [0.15, 0.2) is 0 Å². The maximum Gasteiger partial charge on any atom is 0.236 e. The van der Waals surface area contributed by atoms with Crippen molar-refractivity contribution >= 4 is 5.91 Å². The van der Waals surface area contributed by atoms with Crippen LogP contribution in [0.2, 0.25) is 0 Å². The fourth-order valence-corrected chi connectivity index (χ4v) is 1.19. The summed E-state index contributed by atoms with van der Waals surface area (Å²) < 4.78 is 0. The lowest BCUT2D eigenvalue weighted by atomic mass is 10.2. The summed E-state index contributed by atoms with van der Waals surface area (Å²) in [5, 5.41) is 3.19. The van der Waals surface area contributed by atoms with Crippen LogP contribution in [0.15, 0.2) is 0 Å². The van der Waals surface area contributed by atoms with Gasteiger partial charge in [-0.3, -0.25) is 4.79 Å². The van der Waals surface area contributed by atoms with Gasteiger partial charge >= 0.3 is 0 Å². The predicted molar refractivity (Wildman–Crippen MR) is 60.2 cm³/mol. The average molecular weight is 200 g/mol. The smallest absolute Gasteiger partial charge is 0.236 e. The van der Waals surface area contributed by atoms with Crippen molar-refractivity contribution in [1.82, 2.24) is 10.2 Å². The minimum Gasteiger partial charge on any atom is -0.344 e. The standard InChI is InChI=1S/C11H24N2O/c1-6-10(4)12-7-11(14)13(5)8-9(2)3/h9-10,12H,6-8H2,1-5H3. The third kappa shape index (κ3) is 5.97. The highest BCUT2D eigenvalue weighted by Crippen LogP contribution is 1.96. The first kappa shape index (κ1) is 13.4. The molecule has 0 aliphatic rings. The molecule has 0 aliphatic heterocycles. The summed E-state index contributed by atoms with van der Waals surface area (Å²) >= 11 is 0. The third-order valence-corrected chi connectivity index (χ3v) is 2.28. The van der Waals surface area contributed by atoms with Gasteiger partial charge in [0, 0.05) is 19.6 Å². The number of likely N-dealkylation sites (N-methyl/N-ethyl adjacent to an activating group) is 1. The molecular formula is C11H24N2O. The van der Waals surface area contributed by atoms with Crippen LogP contribution in [0.5, 0.6) is 0 Å². The Hall–Kier alpha value is -0.570. The zero-order chi connectivity index (χ0) is 11.1. The van der Waals surface area contributed by atoms with E-state index in [1.807, 2.05) is 7.05 Å². The van der Waals surface area contributed by atoms with E-state index in [4.69, 9.17) is 0 Å². The van der Waals surface area contributed by atoms with E-state index in [2.05, 4.69) is 33.0 Å². The predicted octanol–water partition coefficient (Wildman–Crippen LogP) is 1.49. The van der Waals surface area contributed by atoms with Crippen molar-refractivity contribution in [3.63, 3.8) is 0 Å². The molecule has 1 unspecified atom stereocenters. The zero-order valence-corrected chi connectivity index (χ0v) is 10.1. The number of hydrogen-bond donors (Lipinski definition) is 1. The molecule has 1 amide bonds. The largest absolute Gasteiger partial charge is 0.344 e. The summed E-state index contributed by atoms with van der Waals surface area (Å²) in [5.74, 6) is 0.714. The maximum atomic E-state index is 11.6. The molecule has 0 heterocycles. The molecule has 0 radical (unpaired) electrons. The Morgan fingerprint density at radius 1 is 1.36 bits per heavy atom. The van der Waals surface area contributed by atoms with Crippen LogP contribution >= 0.6 is 0 Å². The van der Waals surface area contributed by atoms with Crippen LogP contribution in [0.3, 0.4) is 0 Å². The van der Waals surface area contributed by atoms with E-state index in [-0.39, 0.29) is 5.91 Å². The van der Waals surface area contributed by atoms with E-state index < -0.39 is 0 Å². The van der Waals surface area contributed by atoms with Crippen molar-refractivity contribution in [2.75, 3.05) is 20.1 Å². The summed E-state index contributed by atoms with van der Waals surface area (Å²) in [7, 11) is 1.86. The van der Waals surface area contributed by atoms with E-state index >= 15 is 0 Å². The number of rotatable bonds is 6. The van der Waals surface area contributed by atoms with Gasteiger partial charge in [-0.1, -0.05) is 20.8 Å². The summed E-state index contributed by atoms with van der Waals surface area (Å²) in [6, 6.07) is 0.423. The van der Waals surface area contributed by atoms with Crippen LogP contribution in [0.4, 0.5) is 0 Å². The molecular weight excluding hydrogens is 176 g/mol. The Morgan fingerprint density at radius 3 is 2.36 bits per heavy atom. The van der Waals surface area contributed by atoms with Crippen LogP contribution in [0, 0.1) is 5.92 Å². The second-order valence-corrected chi connectivity index (χ2v) is 4.36. The van der Waals surface area contributed by atoms with Crippen LogP contribution < -0.4 is 5.32 Å². The average Bonchev–Trinajstić information content (AvgIpc) is 2.12. The molecule has 0 aliphatic carbocycles. The highest BCUT2D eigenvalue weighted by molar-refractivity contribution is 5.77. The zero-order valence-electron chi connectivity index (χ0n) is 10.1. The molecule has 0 fully saturated rings. The fourth-order valence-electron chi connectivity index (χ4n) is 1.19. The minimum absolute atomic E-state index is 0.180. The van der Waals surface area contributed by atoms with Crippen LogP contribution in [-0.2, 0) is 4.79 Å². The van der Waals surface area contributed by atoms with Gasteiger partial charge in [-0.2, -0.15) is 0 Å². The molecule has 0 saturated carbocycles. The Kier molecular flexibility index (Phi) is 6.54. The first-order valence-corrected chi connectivity index (χ1v) is 5.44. The summed E-state index contributed by atoms with van der Waals surface area (Å²) in [4.78, 5) is 13.4. The van der Waals surface area contributed by atoms with Gasteiger partial charge < -0.3 is 10.2 Å². The number of nitrogens with zero attached hydrogens (tertiary/aromatic N) is 1. The molecule has 0 bridgehead atoms. The van der Waals surface area contributed by atoms with Crippen LogP contribution in [0.1, 0.15) is 34.1 Å². The summed E-state index contributed by atoms with van der Waals surface area (Å²) in [5.41, 5.74) is 0. The second kappa shape index (κ2) is 6.82. The molecule has 0 aromatic heterocycles. The molecule has 14 heavy (non-hydrogen) atoms. The van der Waals surface area contributed by atoms with Crippen molar-refractivity contribution in [3.05, 3.63) is 0 Å². The van der Waals surface area contributed by atoms with Crippen molar-refractivity contribution in [2.45, 2.75) is 40.2 Å². The normalized spacial score (nSPS) is 13.0. The number of amides is 1. The lowest BCUT2D eigenvalue weighted by molar-refractivity contribution is -0.129. The van der Waals surface area contributed by atoms with Gasteiger partial charge in [-0.05, 0) is 19.3 Å².